The minimum Gasteiger partial charge on any atom is -0.316 e. The fourth-order valence-electron chi connectivity index (χ4n) is 2.73. The molecule has 1 fully saturated rings. The Bertz CT molecular complexity index is 417. The Balaban J connectivity index is 2.35. The van der Waals surface area contributed by atoms with E-state index in [0.717, 1.165) is 30.6 Å². The summed E-state index contributed by atoms with van der Waals surface area (Å²) >= 11 is 0. The summed E-state index contributed by atoms with van der Waals surface area (Å²) in [5.74, 6) is 0.687. The lowest BCUT2D eigenvalue weighted by molar-refractivity contribution is 0.0740. The van der Waals surface area contributed by atoms with Crippen LogP contribution in [-0.4, -0.2) is 18.9 Å². The third-order valence-electron chi connectivity index (χ3n) is 4.03. The van der Waals surface area contributed by atoms with Gasteiger partial charge in [0.1, 0.15) is 0 Å². The first kappa shape index (κ1) is 12.3. The second-order valence-electron chi connectivity index (χ2n) is 5.44. The van der Waals surface area contributed by atoms with Crippen LogP contribution in [0.3, 0.4) is 0 Å². The van der Waals surface area contributed by atoms with Gasteiger partial charge in [-0.2, -0.15) is 0 Å². The van der Waals surface area contributed by atoms with Crippen molar-refractivity contribution in [2.75, 3.05) is 13.1 Å². The Kier molecular flexibility index (Phi) is 3.34. The van der Waals surface area contributed by atoms with E-state index in [2.05, 4.69) is 19.2 Å². The second kappa shape index (κ2) is 4.61. The van der Waals surface area contributed by atoms with Crippen LogP contribution in [0.2, 0.25) is 0 Å². The van der Waals surface area contributed by atoms with Gasteiger partial charge in [0.2, 0.25) is 0 Å². The lowest BCUT2D eigenvalue weighted by Gasteiger charge is -2.31. The lowest BCUT2D eigenvalue weighted by Crippen LogP contribution is -2.38. The van der Waals surface area contributed by atoms with E-state index in [1.165, 1.54) is 0 Å². The molecule has 0 radical (unpaired) electrons. The average molecular weight is 231 g/mol. The number of carbonyl (C=O) groups is 1. The normalized spacial score (nSPS) is 24.2. The Morgan fingerprint density at radius 2 is 2.18 bits per heavy atom. The van der Waals surface area contributed by atoms with Gasteiger partial charge in [0.25, 0.3) is 0 Å². The molecule has 2 rings (SSSR count). The first-order chi connectivity index (χ1) is 8.06. The fraction of sp³-hybridized carbons (Fsp3) is 0.533. The highest BCUT2D eigenvalue weighted by Crippen LogP contribution is 2.37. The van der Waals surface area contributed by atoms with Gasteiger partial charge in [-0.1, -0.05) is 37.6 Å². The molecule has 1 aliphatic heterocycles. The SMILES string of the molecule is Cc1cccc(C(=O)C2(C(C)C)CCNC2)c1. The molecule has 0 spiro atoms. The van der Waals surface area contributed by atoms with Gasteiger partial charge in [0, 0.05) is 17.5 Å². The van der Waals surface area contributed by atoms with E-state index < -0.39 is 0 Å². The van der Waals surface area contributed by atoms with Crippen molar-refractivity contribution in [3.05, 3.63) is 35.4 Å². The van der Waals surface area contributed by atoms with E-state index in [0.29, 0.717) is 11.7 Å². The zero-order valence-electron chi connectivity index (χ0n) is 10.9. The summed E-state index contributed by atoms with van der Waals surface area (Å²) in [7, 11) is 0. The van der Waals surface area contributed by atoms with Gasteiger partial charge in [0.15, 0.2) is 5.78 Å². The summed E-state index contributed by atoms with van der Waals surface area (Å²) in [6.45, 7) is 8.11. The molecule has 2 nitrogen and oxygen atoms in total. The minimum atomic E-state index is -0.201. The van der Waals surface area contributed by atoms with E-state index in [9.17, 15) is 4.79 Å². The fourth-order valence-corrected chi connectivity index (χ4v) is 2.73. The van der Waals surface area contributed by atoms with Crippen LogP contribution < -0.4 is 5.32 Å². The zero-order chi connectivity index (χ0) is 12.5. The largest absolute Gasteiger partial charge is 0.316 e. The highest BCUT2D eigenvalue weighted by atomic mass is 16.1. The third-order valence-corrected chi connectivity index (χ3v) is 4.03. The summed E-state index contributed by atoms with van der Waals surface area (Å²) < 4.78 is 0. The molecule has 1 aromatic carbocycles. The Morgan fingerprint density at radius 3 is 2.71 bits per heavy atom. The third kappa shape index (κ3) is 2.14. The predicted molar refractivity (Wildman–Crippen MR) is 70.3 cm³/mol. The Morgan fingerprint density at radius 1 is 1.41 bits per heavy atom. The number of ketones is 1. The molecule has 1 unspecified atom stereocenters. The van der Waals surface area contributed by atoms with Crippen molar-refractivity contribution >= 4 is 5.78 Å². The van der Waals surface area contributed by atoms with Crippen LogP contribution in [0.1, 0.15) is 36.2 Å². The quantitative estimate of drug-likeness (QED) is 0.810. The van der Waals surface area contributed by atoms with Gasteiger partial charge in [-0.05, 0) is 31.9 Å². The smallest absolute Gasteiger partial charge is 0.170 e. The molecule has 1 saturated heterocycles. The van der Waals surface area contributed by atoms with Gasteiger partial charge in [0.05, 0.1) is 0 Å². The summed E-state index contributed by atoms with van der Waals surface area (Å²) in [4.78, 5) is 12.7. The van der Waals surface area contributed by atoms with Crippen molar-refractivity contribution in [1.82, 2.24) is 5.32 Å². The molecular weight excluding hydrogens is 210 g/mol. The maximum atomic E-state index is 12.7. The molecule has 0 aliphatic carbocycles. The Hall–Kier alpha value is -1.15. The minimum absolute atomic E-state index is 0.201. The number of nitrogens with one attached hydrogen (secondary N) is 1. The maximum Gasteiger partial charge on any atom is 0.170 e. The van der Waals surface area contributed by atoms with Crippen LogP contribution in [0, 0.1) is 18.3 Å². The van der Waals surface area contributed by atoms with Crippen LogP contribution in [-0.2, 0) is 0 Å². The van der Waals surface area contributed by atoms with Gasteiger partial charge in [-0.25, -0.2) is 0 Å². The number of rotatable bonds is 3. The van der Waals surface area contributed by atoms with Crippen molar-refractivity contribution in [2.45, 2.75) is 27.2 Å². The monoisotopic (exact) mass is 231 g/mol. The van der Waals surface area contributed by atoms with Crippen LogP contribution in [0.5, 0.6) is 0 Å². The van der Waals surface area contributed by atoms with E-state index in [1.807, 2.05) is 31.2 Å². The molecule has 92 valence electrons. The van der Waals surface area contributed by atoms with Crippen LogP contribution in [0.4, 0.5) is 0 Å². The Labute approximate surface area is 103 Å². The molecule has 1 N–H and O–H groups in total. The van der Waals surface area contributed by atoms with E-state index in [-0.39, 0.29) is 5.41 Å². The zero-order valence-corrected chi connectivity index (χ0v) is 10.9. The van der Waals surface area contributed by atoms with Crippen molar-refractivity contribution in [2.24, 2.45) is 11.3 Å². The molecule has 0 amide bonds. The van der Waals surface area contributed by atoms with Crippen molar-refractivity contribution < 1.29 is 4.79 Å². The predicted octanol–water partition coefficient (Wildman–Crippen LogP) is 2.81. The number of hydrogen-bond acceptors (Lipinski definition) is 2. The van der Waals surface area contributed by atoms with Gasteiger partial charge < -0.3 is 5.32 Å². The van der Waals surface area contributed by atoms with Crippen LogP contribution in [0.25, 0.3) is 0 Å². The van der Waals surface area contributed by atoms with Gasteiger partial charge in [-0.15, -0.1) is 0 Å². The molecule has 0 saturated carbocycles. The summed E-state index contributed by atoms with van der Waals surface area (Å²) in [6.07, 6.45) is 0.956. The van der Waals surface area contributed by atoms with Crippen LogP contribution in [0.15, 0.2) is 24.3 Å². The maximum absolute atomic E-state index is 12.7. The van der Waals surface area contributed by atoms with E-state index >= 15 is 0 Å². The molecule has 1 atom stereocenters. The number of Topliss-reactive ketones (excluding diaryl/α,β-unsaturated/α-hetero) is 1. The van der Waals surface area contributed by atoms with Gasteiger partial charge >= 0.3 is 0 Å². The molecule has 1 heterocycles. The molecule has 0 aromatic heterocycles. The molecular formula is C15H21NO. The molecule has 17 heavy (non-hydrogen) atoms. The van der Waals surface area contributed by atoms with E-state index in [1.54, 1.807) is 0 Å². The molecule has 1 aromatic rings. The first-order valence-corrected chi connectivity index (χ1v) is 6.38. The highest BCUT2D eigenvalue weighted by Gasteiger charge is 2.43. The second-order valence-corrected chi connectivity index (χ2v) is 5.44. The summed E-state index contributed by atoms with van der Waals surface area (Å²) in [6, 6.07) is 7.95. The van der Waals surface area contributed by atoms with Crippen molar-refractivity contribution in [3.8, 4) is 0 Å². The topological polar surface area (TPSA) is 29.1 Å². The van der Waals surface area contributed by atoms with E-state index in [4.69, 9.17) is 0 Å². The number of carbonyl (C=O) groups excluding carboxylic acids is 1. The van der Waals surface area contributed by atoms with Crippen molar-refractivity contribution in [1.29, 1.82) is 0 Å². The molecule has 0 bridgehead atoms. The number of aryl methyl sites for hydroxylation is 1. The first-order valence-electron chi connectivity index (χ1n) is 6.38. The number of hydrogen-bond donors (Lipinski definition) is 1. The number of benzene rings is 1. The summed E-state index contributed by atoms with van der Waals surface area (Å²) in [5, 5.41) is 3.34. The lowest BCUT2D eigenvalue weighted by atomic mass is 9.71. The van der Waals surface area contributed by atoms with Crippen LogP contribution >= 0.6 is 0 Å². The van der Waals surface area contributed by atoms with Crippen molar-refractivity contribution in [3.63, 3.8) is 0 Å². The van der Waals surface area contributed by atoms with Gasteiger partial charge in [-0.3, -0.25) is 4.79 Å². The standard InChI is InChI=1S/C15H21NO/c1-11(2)15(7-8-16-10-15)14(17)13-6-4-5-12(3)9-13/h4-6,9,11,16H,7-8,10H2,1-3H3. The summed E-state index contributed by atoms with van der Waals surface area (Å²) in [5.41, 5.74) is 1.82. The average Bonchev–Trinajstić information content (AvgIpc) is 2.78. The molecule has 2 heteroatoms. The molecule has 1 aliphatic rings. The highest BCUT2D eigenvalue weighted by molar-refractivity contribution is 6.01.